The molecule has 0 saturated carbocycles. The van der Waals surface area contributed by atoms with Gasteiger partial charge in [0.15, 0.2) is 0 Å². The summed E-state index contributed by atoms with van der Waals surface area (Å²) in [4.78, 5) is 8.42. The number of halogens is 1. The number of rotatable bonds is 5. The van der Waals surface area contributed by atoms with E-state index in [1.54, 1.807) is 6.20 Å². The van der Waals surface area contributed by atoms with E-state index in [1.165, 1.54) is 0 Å². The predicted octanol–water partition coefficient (Wildman–Crippen LogP) is 4.79. The Morgan fingerprint density at radius 1 is 1.33 bits per heavy atom. The van der Waals surface area contributed by atoms with Crippen LogP contribution in [0.4, 0.5) is 5.95 Å². The van der Waals surface area contributed by atoms with Crippen molar-refractivity contribution in [2.24, 2.45) is 0 Å². The molecule has 1 heterocycles. The van der Waals surface area contributed by atoms with Crippen molar-refractivity contribution < 1.29 is 4.74 Å². The first kappa shape index (κ1) is 15.6. The van der Waals surface area contributed by atoms with E-state index in [1.807, 2.05) is 19.9 Å². The normalized spacial score (nSPS) is 10.8. The van der Waals surface area contributed by atoms with Crippen LogP contribution in [0.25, 0.3) is 0 Å². The summed E-state index contributed by atoms with van der Waals surface area (Å²) in [5.74, 6) is 2.02. The van der Waals surface area contributed by atoms with Gasteiger partial charge in [-0.3, -0.25) is 0 Å². The van der Waals surface area contributed by atoms with Crippen molar-refractivity contribution in [3.63, 3.8) is 0 Å². The highest BCUT2D eigenvalue weighted by Crippen LogP contribution is 2.33. The average Bonchev–Trinajstić information content (AvgIpc) is 2.42. The number of anilines is 1. The van der Waals surface area contributed by atoms with Gasteiger partial charge in [0.2, 0.25) is 11.8 Å². The molecule has 0 aliphatic rings. The van der Waals surface area contributed by atoms with Gasteiger partial charge in [-0.05, 0) is 37.0 Å². The largest absolute Gasteiger partial charge is 0.437 e. The van der Waals surface area contributed by atoms with Gasteiger partial charge in [-0.15, -0.1) is 0 Å². The number of ether oxygens (including phenoxy) is 1. The van der Waals surface area contributed by atoms with Crippen molar-refractivity contribution in [2.45, 2.75) is 33.6 Å². The van der Waals surface area contributed by atoms with E-state index in [-0.39, 0.29) is 0 Å². The third kappa shape index (κ3) is 3.85. The lowest BCUT2D eigenvalue weighted by atomic mass is 10.0. The number of benzene rings is 1. The fourth-order valence-electron chi connectivity index (χ4n) is 1.98. The minimum Gasteiger partial charge on any atom is -0.437 e. The van der Waals surface area contributed by atoms with E-state index in [2.05, 4.69) is 41.3 Å². The van der Waals surface area contributed by atoms with Crippen LogP contribution in [0.5, 0.6) is 11.6 Å². The van der Waals surface area contributed by atoms with E-state index in [0.29, 0.717) is 22.8 Å². The number of aryl methyl sites for hydroxylation is 1. The third-order valence-electron chi connectivity index (χ3n) is 3.04. The number of nitrogens with zero attached hydrogens (tertiary/aromatic N) is 2. The standard InChI is InChI=1S/C16H20ClN3O/c1-5-18-16-19-9-13(17)15(20-16)21-14-8-11(4)6-7-12(14)10(2)3/h6-10H,5H2,1-4H3,(H,18,19,20). The van der Waals surface area contributed by atoms with Gasteiger partial charge in [-0.25, -0.2) is 4.98 Å². The molecule has 0 spiro atoms. The van der Waals surface area contributed by atoms with E-state index in [0.717, 1.165) is 23.4 Å². The summed E-state index contributed by atoms with van der Waals surface area (Å²) in [6, 6.07) is 6.16. The summed E-state index contributed by atoms with van der Waals surface area (Å²) < 4.78 is 5.95. The topological polar surface area (TPSA) is 47.0 Å². The molecule has 0 bridgehead atoms. The Morgan fingerprint density at radius 3 is 2.76 bits per heavy atom. The minimum absolute atomic E-state index is 0.356. The van der Waals surface area contributed by atoms with Crippen LogP contribution in [0.1, 0.15) is 37.8 Å². The lowest BCUT2D eigenvalue weighted by molar-refractivity contribution is 0.454. The highest BCUT2D eigenvalue weighted by atomic mass is 35.5. The van der Waals surface area contributed by atoms with Crippen LogP contribution in [0.3, 0.4) is 0 Å². The van der Waals surface area contributed by atoms with Crippen molar-refractivity contribution in [1.29, 1.82) is 0 Å². The Hall–Kier alpha value is -1.81. The maximum absolute atomic E-state index is 6.14. The zero-order valence-corrected chi connectivity index (χ0v) is 13.5. The van der Waals surface area contributed by atoms with Crippen molar-refractivity contribution >= 4 is 17.5 Å². The molecule has 1 N–H and O–H groups in total. The van der Waals surface area contributed by atoms with Crippen LogP contribution in [0.15, 0.2) is 24.4 Å². The zero-order valence-electron chi connectivity index (χ0n) is 12.8. The number of hydrogen-bond donors (Lipinski definition) is 1. The van der Waals surface area contributed by atoms with Crippen LogP contribution in [-0.4, -0.2) is 16.5 Å². The summed E-state index contributed by atoms with van der Waals surface area (Å²) in [5.41, 5.74) is 2.26. The molecule has 0 unspecified atom stereocenters. The molecular weight excluding hydrogens is 286 g/mol. The van der Waals surface area contributed by atoms with Crippen LogP contribution in [-0.2, 0) is 0 Å². The molecule has 1 aromatic carbocycles. The van der Waals surface area contributed by atoms with Gasteiger partial charge in [-0.2, -0.15) is 4.98 Å². The SMILES string of the molecule is CCNc1ncc(Cl)c(Oc2cc(C)ccc2C(C)C)n1. The minimum atomic E-state index is 0.356. The van der Waals surface area contributed by atoms with Gasteiger partial charge in [0, 0.05) is 6.54 Å². The van der Waals surface area contributed by atoms with Crippen LogP contribution >= 0.6 is 11.6 Å². The first-order valence-electron chi connectivity index (χ1n) is 7.06. The van der Waals surface area contributed by atoms with E-state index < -0.39 is 0 Å². The fourth-order valence-corrected chi connectivity index (χ4v) is 2.11. The Kier molecular flexibility index (Phi) is 5.02. The Labute approximate surface area is 130 Å². The van der Waals surface area contributed by atoms with Crippen LogP contribution in [0, 0.1) is 6.92 Å². The monoisotopic (exact) mass is 305 g/mol. The van der Waals surface area contributed by atoms with Crippen molar-refractivity contribution in [1.82, 2.24) is 9.97 Å². The molecule has 0 saturated heterocycles. The summed E-state index contributed by atoms with van der Waals surface area (Å²) >= 11 is 6.14. The molecule has 21 heavy (non-hydrogen) atoms. The first-order chi connectivity index (χ1) is 10.0. The molecule has 0 radical (unpaired) electrons. The quantitative estimate of drug-likeness (QED) is 0.863. The molecule has 2 rings (SSSR count). The molecule has 0 amide bonds. The highest BCUT2D eigenvalue weighted by molar-refractivity contribution is 6.31. The molecule has 2 aromatic rings. The number of aromatic nitrogens is 2. The van der Waals surface area contributed by atoms with Crippen LogP contribution in [0.2, 0.25) is 5.02 Å². The zero-order chi connectivity index (χ0) is 15.4. The fraction of sp³-hybridized carbons (Fsp3) is 0.375. The lowest BCUT2D eigenvalue weighted by Gasteiger charge is -2.15. The molecule has 1 aromatic heterocycles. The average molecular weight is 306 g/mol. The first-order valence-corrected chi connectivity index (χ1v) is 7.43. The van der Waals surface area contributed by atoms with Gasteiger partial charge in [-0.1, -0.05) is 37.6 Å². The second-order valence-corrected chi connectivity index (χ2v) is 5.58. The Balaban J connectivity index is 2.37. The maximum Gasteiger partial charge on any atom is 0.243 e. The summed E-state index contributed by atoms with van der Waals surface area (Å²) in [6.45, 7) is 9.01. The van der Waals surface area contributed by atoms with E-state index in [9.17, 15) is 0 Å². The smallest absolute Gasteiger partial charge is 0.243 e. The van der Waals surface area contributed by atoms with E-state index >= 15 is 0 Å². The Morgan fingerprint density at radius 2 is 2.10 bits per heavy atom. The third-order valence-corrected chi connectivity index (χ3v) is 3.30. The van der Waals surface area contributed by atoms with Gasteiger partial charge in [0.1, 0.15) is 10.8 Å². The van der Waals surface area contributed by atoms with Gasteiger partial charge in [0.25, 0.3) is 0 Å². The van der Waals surface area contributed by atoms with Gasteiger partial charge >= 0.3 is 0 Å². The molecule has 0 aliphatic heterocycles. The van der Waals surface area contributed by atoms with Gasteiger partial charge in [0.05, 0.1) is 6.20 Å². The molecule has 0 aliphatic carbocycles. The molecule has 0 fully saturated rings. The maximum atomic E-state index is 6.14. The number of hydrogen-bond acceptors (Lipinski definition) is 4. The lowest BCUT2D eigenvalue weighted by Crippen LogP contribution is -2.03. The molecule has 0 atom stereocenters. The highest BCUT2D eigenvalue weighted by Gasteiger charge is 2.13. The summed E-state index contributed by atoms with van der Waals surface area (Å²) in [5, 5.41) is 3.44. The summed E-state index contributed by atoms with van der Waals surface area (Å²) in [6.07, 6.45) is 1.55. The molecule has 4 nitrogen and oxygen atoms in total. The molecular formula is C16H20ClN3O. The van der Waals surface area contributed by atoms with Crippen molar-refractivity contribution in [2.75, 3.05) is 11.9 Å². The Bertz CT molecular complexity index is 629. The van der Waals surface area contributed by atoms with Crippen LogP contribution < -0.4 is 10.1 Å². The molecule has 5 heteroatoms. The van der Waals surface area contributed by atoms with Crippen molar-refractivity contribution in [3.05, 3.63) is 40.5 Å². The van der Waals surface area contributed by atoms with Gasteiger partial charge < -0.3 is 10.1 Å². The summed E-state index contributed by atoms with van der Waals surface area (Å²) in [7, 11) is 0. The molecule has 112 valence electrons. The van der Waals surface area contributed by atoms with Crippen molar-refractivity contribution in [3.8, 4) is 11.6 Å². The second-order valence-electron chi connectivity index (χ2n) is 5.18. The number of nitrogens with one attached hydrogen (secondary N) is 1. The second kappa shape index (κ2) is 6.76. The predicted molar refractivity (Wildman–Crippen MR) is 86.5 cm³/mol. The van der Waals surface area contributed by atoms with E-state index in [4.69, 9.17) is 16.3 Å².